The van der Waals surface area contributed by atoms with E-state index >= 15 is 0 Å². The molecule has 0 aromatic carbocycles. The van der Waals surface area contributed by atoms with Crippen molar-refractivity contribution in [1.29, 1.82) is 0 Å². The van der Waals surface area contributed by atoms with Crippen molar-refractivity contribution in [3.8, 4) is 0 Å². The second kappa shape index (κ2) is 4.80. The Morgan fingerprint density at radius 2 is 2.38 bits per heavy atom. The minimum Gasteiger partial charge on any atom is -0.348 e. The smallest absolute Gasteiger partial charge is 0.138 e. The maximum absolute atomic E-state index is 11.4. The molecule has 0 atom stereocenters. The molecule has 0 aliphatic rings. The molecule has 1 aromatic heterocycles. The van der Waals surface area contributed by atoms with Crippen molar-refractivity contribution in [3.05, 3.63) is 18.2 Å². The van der Waals surface area contributed by atoms with Crippen LogP contribution in [0.3, 0.4) is 0 Å². The Hall–Kier alpha value is -1.12. The van der Waals surface area contributed by atoms with Gasteiger partial charge in [-0.15, -0.1) is 0 Å². The molecule has 0 unspecified atom stereocenters. The van der Waals surface area contributed by atoms with Crippen LogP contribution in [0, 0.1) is 5.92 Å². The van der Waals surface area contributed by atoms with E-state index in [0.717, 1.165) is 12.1 Å². The van der Waals surface area contributed by atoms with Gasteiger partial charge in [0.25, 0.3) is 0 Å². The van der Waals surface area contributed by atoms with Crippen LogP contribution in [-0.2, 0) is 11.2 Å². The zero-order chi connectivity index (χ0) is 9.68. The van der Waals surface area contributed by atoms with Crippen molar-refractivity contribution < 1.29 is 4.79 Å². The van der Waals surface area contributed by atoms with E-state index < -0.39 is 0 Å². The largest absolute Gasteiger partial charge is 0.348 e. The number of carbonyl (C=O) groups is 1. The van der Waals surface area contributed by atoms with E-state index in [1.54, 1.807) is 12.5 Å². The van der Waals surface area contributed by atoms with Crippen molar-refractivity contribution in [2.45, 2.75) is 33.1 Å². The summed E-state index contributed by atoms with van der Waals surface area (Å²) in [5.74, 6) is 0.892. The zero-order valence-corrected chi connectivity index (χ0v) is 8.21. The van der Waals surface area contributed by atoms with Crippen LogP contribution in [-0.4, -0.2) is 15.8 Å². The van der Waals surface area contributed by atoms with Crippen LogP contribution in [0.1, 0.15) is 32.4 Å². The molecule has 3 heteroatoms. The Balaban J connectivity index is 2.26. The van der Waals surface area contributed by atoms with Crippen LogP contribution in [0.4, 0.5) is 0 Å². The van der Waals surface area contributed by atoms with E-state index in [1.807, 2.05) is 0 Å². The highest BCUT2D eigenvalue weighted by Crippen LogP contribution is 2.06. The quantitative estimate of drug-likeness (QED) is 0.752. The van der Waals surface area contributed by atoms with Crippen molar-refractivity contribution in [3.63, 3.8) is 0 Å². The van der Waals surface area contributed by atoms with Crippen LogP contribution in [0.5, 0.6) is 0 Å². The molecule has 0 bridgehead atoms. The van der Waals surface area contributed by atoms with Gasteiger partial charge in [-0.1, -0.05) is 13.8 Å². The lowest BCUT2D eigenvalue weighted by Gasteiger charge is -2.02. The summed E-state index contributed by atoms with van der Waals surface area (Å²) in [4.78, 5) is 18.2. The molecule has 1 heterocycles. The van der Waals surface area contributed by atoms with Crippen molar-refractivity contribution >= 4 is 5.78 Å². The van der Waals surface area contributed by atoms with Crippen molar-refractivity contribution in [2.24, 2.45) is 5.92 Å². The third-order valence-electron chi connectivity index (χ3n) is 1.94. The Kier molecular flexibility index (Phi) is 3.68. The fraction of sp³-hybridized carbons (Fsp3) is 0.600. The predicted octanol–water partition coefficient (Wildman–Crippen LogP) is 1.96. The van der Waals surface area contributed by atoms with Gasteiger partial charge in [-0.3, -0.25) is 4.79 Å². The molecule has 0 fully saturated rings. The van der Waals surface area contributed by atoms with E-state index in [2.05, 4.69) is 23.8 Å². The van der Waals surface area contributed by atoms with Gasteiger partial charge in [-0.2, -0.15) is 0 Å². The second-order valence-corrected chi connectivity index (χ2v) is 3.72. The number of ketones is 1. The number of nitrogens with zero attached hydrogens (tertiary/aromatic N) is 1. The van der Waals surface area contributed by atoms with Crippen molar-refractivity contribution in [2.75, 3.05) is 0 Å². The molecule has 0 aliphatic carbocycles. The van der Waals surface area contributed by atoms with Gasteiger partial charge in [0.2, 0.25) is 0 Å². The lowest BCUT2D eigenvalue weighted by atomic mass is 10.0. The highest BCUT2D eigenvalue weighted by Gasteiger charge is 2.05. The number of H-pyrrole nitrogens is 1. The van der Waals surface area contributed by atoms with Gasteiger partial charge in [0.15, 0.2) is 0 Å². The predicted molar refractivity (Wildman–Crippen MR) is 51.4 cm³/mol. The third kappa shape index (κ3) is 3.87. The molecule has 72 valence electrons. The molecule has 0 saturated heterocycles. The standard InChI is InChI=1S/C10H16N2O/c1-8(2)3-4-10(13)5-9-6-11-7-12-9/h6-8H,3-5H2,1-2H3,(H,11,12). The molecule has 0 aliphatic heterocycles. The first-order valence-corrected chi connectivity index (χ1v) is 4.67. The molecule has 0 radical (unpaired) electrons. The maximum atomic E-state index is 11.4. The number of aromatic amines is 1. The van der Waals surface area contributed by atoms with Crippen LogP contribution in [0.25, 0.3) is 0 Å². The summed E-state index contributed by atoms with van der Waals surface area (Å²) in [6.07, 6.45) is 5.45. The van der Waals surface area contributed by atoms with Crippen molar-refractivity contribution in [1.82, 2.24) is 9.97 Å². The Labute approximate surface area is 78.6 Å². The summed E-state index contributed by atoms with van der Waals surface area (Å²) in [5, 5.41) is 0. The number of nitrogens with one attached hydrogen (secondary N) is 1. The summed E-state index contributed by atoms with van der Waals surface area (Å²) in [7, 11) is 0. The van der Waals surface area contributed by atoms with E-state index in [-0.39, 0.29) is 5.78 Å². The third-order valence-corrected chi connectivity index (χ3v) is 1.94. The highest BCUT2D eigenvalue weighted by molar-refractivity contribution is 5.80. The van der Waals surface area contributed by atoms with E-state index in [1.165, 1.54) is 0 Å². The van der Waals surface area contributed by atoms with Gasteiger partial charge in [-0.25, -0.2) is 4.98 Å². The fourth-order valence-corrected chi connectivity index (χ4v) is 1.13. The molecule has 0 spiro atoms. The summed E-state index contributed by atoms with van der Waals surface area (Å²) in [5.41, 5.74) is 0.911. The number of imidazole rings is 1. The lowest BCUT2D eigenvalue weighted by molar-refractivity contribution is -0.118. The van der Waals surface area contributed by atoms with Crippen LogP contribution in [0.15, 0.2) is 12.5 Å². The molecule has 1 aromatic rings. The van der Waals surface area contributed by atoms with Gasteiger partial charge in [0, 0.05) is 24.7 Å². The van der Waals surface area contributed by atoms with Gasteiger partial charge in [0.05, 0.1) is 6.33 Å². The average Bonchev–Trinajstić information content (AvgIpc) is 2.53. The normalized spacial score (nSPS) is 10.7. The number of aromatic nitrogens is 2. The number of carbonyl (C=O) groups excluding carboxylic acids is 1. The SMILES string of the molecule is CC(C)CCC(=O)Cc1cnc[nH]1. The van der Waals surface area contributed by atoms with E-state index in [0.29, 0.717) is 18.8 Å². The fourth-order valence-electron chi connectivity index (χ4n) is 1.13. The van der Waals surface area contributed by atoms with Crippen LogP contribution >= 0.6 is 0 Å². The average molecular weight is 180 g/mol. The lowest BCUT2D eigenvalue weighted by Crippen LogP contribution is -2.04. The first-order valence-electron chi connectivity index (χ1n) is 4.67. The minimum atomic E-state index is 0.290. The highest BCUT2D eigenvalue weighted by atomic mass is 16.1. The number of rotatable bonds is 5. The summed E-state index contributed by atoms with van der Waals surface area (Å²) in [6.45, 7) is 4.26. The Morgan fingerprint density at radius 3 is 2.92 bits per heavy atom. The Morgan fingerprint density at radius 1 is 1.62 bits per heavy atom. The van der Waals surface area contributed by atoms with E-state index in [9.17, 15) is 4.79 Å². The van der Waals surface area contributed by atoms with Crippen LogP contribution < -0.4 is 0 Å². The molecule has 13 heavy (non-hydrogen) atoms. The summed E-state index contributed by atoms with van der Waals surface area (Å²) >= 11 is 0. The molecule has 1 rings (SSSR count). The molecular weight excluding hydrogens is 164 g/mol. The molecule has 0 saturated carbocycles. The van der Waals surface area contributed by atoms with Gasteiger partial charge in [0.1, 0.15) is 5.78 Å². The first-order chi connectivity index (χ1) is 6.18. The first kappa shape index (κ1) is 9.96. The summed E-state index contributed by atoms with van der Waals surface area (Å²) in [6, 6.07) is 0. The Bertz CT molecular complexity index is 252. The van der Waals surface area contributed by atoms with Crippen LogP contribution in [0.2, 0.25) is 0 Å². The minimum absolute atomic E-state index is 0.290. The van der Waals surface area contributed by atoms with Gasteiger partial charge >= 0.3 is 0 Å². The second-order valence-electron chi connectivity index (χ2n) is 3.72. The zero-order valence-electron chi connectivity index (χ0n) is 8.21. The molecule has 0 amide bonds. The number of hydrogen-bond acceptors (Lipinski definition) is 2. The molecule has 3 nitrogen and oxygen atoms in total. The maximum Gasteiger partial charge on any atom is 0.138 e. The van der Waals surface area contributed by atoms with Gasteiger partial charge in [-0.05, 0) is 12.3 Å². The van der Waals surface area contributed by atoms with E-state index in [4.69, 9.17) is 0 Å². The topological polar surface area (TPSA) is 45.8 Å². The summed E-state index contributed by atoms with van der Waals surface area (Å²) < 4.78 is 0. The number of Topliss-reactive ketones (excluding diaryl/α,β-unsaturated/α-hetero) is 1. The molecular formula is C10H16N2O. The monoisotopic (exact) mass is 180 g/mol. The molecule has 1 N–H and O–H groups in total. The number of hydrogen-bond donors (Lipinski definition) is 1. The van der Waals surface area contributed by atoms with Gasteiger partial charge < -0.3 is 4.98 Å².